The molecule has 0 unspecified atom stereocenters. The molecule has 42 heavy (non-hydrogen) atoms. The summed E-state index contributed by atoms with van der Waals surface area (Å²) >= 11 is 0. The van der Waals surface area contributed by atoms with Gasteiger partial charge in [0.1, 0.15) is 12.2 Å². The van der Waals surface area contributed by atoms with Crippen LogP contribution in [-0.4, -0.2) is 62.8 Å². The third kappa shape index (κ3) is 7.95. The second-order valence-corrected chi connectivity index (χ2v) is 10.5. The van der Waals surface area contributed by atoms with Gasteiger partial charge in [0.25, 0.3) is 0 Å². The molecule has 8 nitrogen and oxygen atoms in total. The summed E-state index contributed by atoms with van der Waals surface area (Å²) in [6.45, 7) is 3.77. The summed E-state index contributed by atoms with van der Waals surface area (Å²) in [5.41, 5.74) is 1.47. The average molecular weight is 579 g/mol. The molecule has 4 rings (SSSR count). The number of carbonyl (C=O) groups is 2. The number of hydrogen-bond donors (Lipinski definition) is 0. The van der Waals surface area contributed by atoms with Gasteiger partial charge in [-0.15, -0.1) is 0 Å². The quantitative estimate of drug-likeness (QED) is 0.217. The average Bonchev–Trinajstić information content (AvgIpc) is 3.69. The molecule has 8 heteroatoms. The van der Waals surface area contributed by atoms with Gasteiger partial charge in [-0.2, -0.15) is 0 Å². The third-order valence-corrected chi connectivity index (χ3v) is 7.69. The van der Waals surface area contributed by atoms with Crippen LogP contribution in [0.1, 0.15) is 62.9 Å². The van der Waals surface area contributed by atoms with Gasteiger partial charge in [-0.25, -0.2) is 9.59 Å². The van der Waals surface area contributed by atoms with Gasteiger partial charge in [0, 0.05) is 14.2 Å². The number of esters is 2. The van der Waals surface area contributed by atoms with Gasteiger partial charge in [0.05, 0.1) is 24.4 Å². The Kier molecular flexibility index (Phi) is 11.9. The minimum absolute atomic E-state index is 0.156. The molecule has 8 atom stereocenters. The fourth-order valence-corrected chi connectivity index (χ4v) is 5.65. The maximum Gasteiger partial charge on any atom is 0.340 e. The van der Waals surface area contributed by atoms with Crippen molar-refractivity contribution in [2.45, 2.75) is 88.4 Å². The van der Waals surface area contributed by atoms with Crippen LogP contribution < -0.4 is 0 Å². The van der Waals surface area contributed by atoms with Crippen LogP contribution in [0.4, 0.5) is 0 Å². The summed E-state index contributed by atoms with van der Waals surface area (Å²) in [4.78, 5) is 26.1. The fraction of sp³-hybridized carbons (Fsp3) is 0.471. The van der Waals surface area contributed by atoms with Crippen molar-refractivity contribution >= 4 is 11.9 Å². The Morgan fingerprint density at radius 1 is 0.667 bits per heavy atom. The first-order valence-corrected chi connectivity index (χ1v) is 14.6. The minimum atomic E-state index is -0.819. The highest BCUT2D eigenvalue weighted by Gasteiger charge is 2.43. The van der Waals surface area contributed by atoms with Crippen molar-refractivity contribution in [1.29, 1.82) is 0 Å². The van der Waals surface area contributed by atoms with Crippen LogP contribution in [0.15, 0.2) is 85.0 Å². The van der Waals surface area contributed by atoms with E-state index in [2.05, 4.69) is 0 Å². The molecule has 2 fully saturated rings. The first-order valence-electron chi connectivity index (χ1n) is 14.6. The summed E-state index contributed by atoms with van der Waals surface area (Å²) in [5.74, 6) is -0.922. The van der Waals surface area contributed by atoms with E-state index in [-0.39, 0.29) is 24.4 Å². The SMILES string of the molecule is C/C=C/[C@@H](OC(=O)[C@@H](OC)c1ccccc1)[C@H]1CC[C@H]([C@H]2CC[C@H]([C@@H](/C=C/C)OC(=O)[C@@H](OC)c3ccccc3)O2)O1. The van der Waals surface area contributed by atoms with E-state index in [4.69, 9.17) is 28.4 Å². The molecule has 2 aliphatic rings. The molecule has 2 aromatic carbocycles. The van der Waals surface area contributed by atoms with Crippen LogP contribution in [0.25, 0.3) is 0 Å². The van der Waals surface area contributed by atoms with Crippen molar-refractivity contribution in [2.24, 2.45) is 0 Å². The van der Waals surface area contributed by atoms with Crippen molar-refractivity contribution in [1.82, 2.24) is 0 Å². The van der Waals surface area contributed by atoms with Crippen molar-refractivity contribution in [3.63, 3.8) is 0 Å². The van der Waals surface area contributed by atoms with Crippen molar-refractivity contribution < 1.29 is 38.0 Å². The molecule has 0 N–H and O–H groups in total. The number of carbonyl (C=O) groups excluding carboxylic acids is 2. The second-order valence-electron chi connectivity index (χ2n) is 10.5. The number of benzene rings is 2. The Hall–Kier alpha value is -3.30. The van der Waals surface area contributed by atoms with E-state index >= 15 is 0 Å². The van der Waals surface area contributed by atoms with Gasteiger partial charge in [-0.05, 0) is 62.8 Å². The Morgan fingerprint density at radius 3 is 1.38 bits per heavy atom. The van der Waals surface area contributed by atoms with E-state index in [9.17, 15) is 9.59 Å². The summed E-state index contributed by atoms with van der Waals surface area (Å²) in [6.07, 6.45) is 6.76. The molecule has 0 spiro atoms. The molecule has 0 amide bonds. The molecule has 0 bridgehead atoms. The molecule has 0 aromatic heterocycles. The molecule has 0 aliphatic carbocycles. The predicted octanol–water partition coefficient (Wildman–Crippen LogP) is 5.83. The first kappa shape index (κ1) is 31.6. The Labute approximate surface area is 248 Å². The minimum Gasteiger partial charge on any atom is -0.453 e. The van der Waals surface area contributed by atoms with Gasteiger partial charge in [-0.1, -0.05) is 72.8 Å². The van der Waals surface area contributed by atoms with E-state index in [1.54, 1.807) is 0 Å². The highest BCUT2D eigenvalue weighted by Crippen LogP contribution is 2.35. The number of rotatable bonds is 13. The van der Waals surface area contributed by atoms with Crippen LogP contribution in [0.2, 0.25) is 0 Å². The molecule has 0 radical (unpaired) electrons. The summed E-state index contributed by atoms with van der Waals surface area (Å²) in [7, 11) is 2.99. The maximum absolute atomic E-state index is 13.1. The number of methoxy groups -OCH3 is 2. The van der Waals surface area contributed by atoms with Crippen LogP contribution in [0.5, 0.6) is 0 Å². The fourth-order valence-electron chi connectivity index (χ4n) is 5.65. The van der Waals surface area contributed by atoms with Gasteiger partial charge >= 0.3 is 11.9 Å². The Bertz CT molecular complexity index is 1090. The zero-order chi connectivity index (χ0) is 29.9. The predicted molar refractivity (Wildman–Crippen MR) is 158 cm³/mol. The molecule has 2 heterocycles. The maximum atomic E-state index is 13.1. The smallest absolute Gasteiger partial charge is 0.340 e. The number of hydrogen-bond acceptors (Lipinski definition) is 8. The monoisotopic (exact) mass is 578 g/mol. The number of allylic oxidation sites excluding steroid dienone is 2. The molecule has 2 saturated heterocycles. The normalized spacial score (nSPS) is 25.3. The third-order valence-electron chi connectivity index (χ3n) is 7.69. The number of ether oxygens (including phenoxy) is 6. The molecule has 2 aromatic rings. The highest BCUT2D eigenvalue weighted by molar-refractivity contribution is 5.77. The van der Waals surface area contributed by atoms with Crippen molar-refractivity contribution in [3.05, 3.63) is 96.1 Å². The molecule has 0 saturated carbocycles. The molecular formula is C34H42O8. The largest absolute Gasteiger partial charge is 0.453 e. The Balaban J connectivity index is 1.35. The van der Waals surface area contributed by atoms with Gasteiger partial charge < -0.3 is 28.4 Å². The van der Waals surface area contributed by atoms with E-state index in [1.807, 2.05) is 98.8 Å². The van der Waals surface area contributed by atoms with Gasteiger partial charge in [-0.3, -0.25) is 0 Å². The molecular weight excluding hydrogens is 536 g/mol. The summed E-state index contributed by atoms with van der Waals surface area (Å²) < 4.78 is 35.6. The highest BCUT2D eigenvalue weighted by atomic mass is 16.6. The molecule has 226 valence electrons. The van der Waals surface area contributed by atoms with E-state index in [1.165, 1.54) is 14.2 Å². The van der Waals surface area contributed by atoms with Crippen LogP contribution in [-0.2, 0) is 38.0 Å². The standard InChI is InChI=1S/C34H42O8/c1-5-13-25(41-33(35)31(37-3)23-15-9-7-10-16-23)27-19-21-29(39-27)30-22-20-28(40-30)26(14-6-2)42-34(36)32(38-4)24-17-11-8-12-18-24/h5-18,25-32H,19-22H2,1-4H3/b13-5+,14-6+/t25-,26-,27-,28-,29-,30-,31+,32+/m1/s1. The first-order chi connectivity index (χ1) is 20.5. The zero-order valence-corrected chi connectivity index (χ0v) is 24.8. The van der Waals surface area contributed by atoms with Crippen molar-refractivity contribution in [2.75, 3.05) is 14.2 Å². The molecule has 2 aliphatic heterocycles. The Morgan fingerprint density at radius 2 is 1.05 bits per heavy atom. The lowest BCUT2D eigenvalue weighted by molar-refractivity contribution is -0.171. The van der Waals surface area contributed by atoms with Crippen molar-refractivity contribution in [3.8, 4) is 0 Å². The zero-order valence-electron chi connectivity index (χ0n) is 24.8. The summed E-state index contributed by atoms with van der Waals surface area (Å²) in [5, 5.41) is 0. The lowest BCUT2D eigenvalue weighted by Crippen LogP contribution is -2.36. The lowest BCUT2D eigenvalue weighted by Gasteiger charge is -2.27. The van der Waals surface area contributed by atoms with Gasteiger partial charge in [0.15, 0.2) is 12.2 Å². The van der Waals surface area contributed by atoms with E-state index < -0.39 is 36.4 Å². The second kappa shape index (κ2) is 15.8. The van der Waals surface area contributed by atoms with Crippen LogP contribution in [0, 0.1) is 0 Å². The van der Waals surface area contributed by atoms with Crippen LogP contribution in [0.3, 0.4) is 0 Å². The summed E-state index contributed by atoms with van der Waals surface area (Å²) in [6, 6.07) is 18.6. The van der Waals surface area contributed by atoms with Gasteiger partial charge in [0.2, 0.25) is 0 Å². The van der Waals surface area contributed by atoms with E-state index in [0.717, 1.165) is 36.8 Å². The topological polar surface area (TPSA) is 89.5 Å². The van der Waals surface area contributed by atoms with E-state index in [0.29, 0.717) is 0 Å². The van der Waals surface area contributed by atoms with Crippen LogP contribution >= 0.6 is 0 Å². The lowest BCUT2D eigenvalue weighted by atomic mass is 10.0.